The van der Waals surface area contributed by atoms with Crippen molar-refractivity contribution in [3.63, 3.8) is 0 Å². The number of aryl methyl sites for hydroxylation is 1. The van der Waals surface area contributed by atoms with Gasteiger partial charge in [-0.25, -0.2) is 0 Å². The Kier molecular flexibility index (Phi) is 4.43. The summed E-state index contributed by atoms with van der Waals surface area (Å²) in [6, 6.07) is 10.2. The largest absolute Gasteiger partial charge is 0.369 e. The molecule has 0 radical (unpaired) electrons. The fourth-order valence-corrected chi connectivity index (χ4v) is 2.66. The first kappa shape index (κ1) is 13.3. The molecule has 20 heavy (non-hydrogen) atoms. The normalized spacial score (nSPS) is 15.4. The number of fused-ring (bicyclic) bond motifs is 1. The Labute approximate surface area is 119 Å². The van der Waals surface area contributed by atoms with Crippen LogP contribution in [0.2, 0.25) is 0 Å². The maximum absolute atomic E-state index is 5.78. The zero-order valence-electron chi connectivity index (χ0n) is 11.8. The van der Waals surface area contributed by atoms with Gasteiger partial charge in [0.1, 0.15) is 12.4 Å². The molecule has 0 amide bonds. The molecule has 106 valence electrons. The van der Waals surface area contributed by atoms with Crippen molar-refractivity contribution in [2.75, 3.05) is 0 Å². The van der Waals surface area contributed by atoms with Crippen molar-refractivity contribution in [3.8, 4) is 0 Å². The molecule has 0 unspecified atom stereocenters. The van der Waals surface area contributed by atoms with Crippen LogP contribution < -0.4 is 0 Å². The molecular formula is C16H21N3O. The van der Waals surface area contributed by atoms with Gasteiger partial charge in [0.05, 0.1) is 6.61 Å². The van der Waals surface area contributed by atoms with Crippen molar-refractivity contribution in [1.82, 2.24) is 14.8 Å². The van der Waals surface area contributed by atoms with Gasteiger partial charge in [0.15, 0.2) is 5.82 Å². The molecule has 0 bridgehead atoms. The van der Waals surface area contributed by atoms with Crippen LogP contribution in [-0.4, -0.2) is 14.8 Å². The molecule has 2 heterocycles. The second-order valence-electron chi connectivity index (χ2n) is 5.33. The molecule has 1 aliphatic rings. The number of benzene rings is 1. The van der Waals surface area contributed by atoms with Crippen LogP contribution >= 0.6 is 0 Å². The minimum absolute atomic E-state index is 0.544. The number of hydrogen-bond donors (Lipinski definition) is 0. The van der Waals surface area contributed by atoms with Crippen molar-refractivity contribution in [3.05, 3.63) is 47.5 Å². The summed E-state index contributed by atoms with van der Waals surface area (Å²) < 4.78 is 8.03. The number of ether oxygens (including phenoxy) is 1. The molecule has 0 fully saturated rings. The maximum atomic E-state index is 5.78. The average Bonchev–Trinajstić information content (AvgIpc) is 2.81. The van der Waals surface area contributed by atoms with Gasteiger partial charge in [0.2, 0.25) is 0 Å². The van der Waals surface area contributed by atoms with E-state index in [-0.39, 0.29) is 0 Å². The minimum atomic E-state index is 0.544. The van der Waals surface area contributed by atoms with Crippen LogP contribution in [0.4, 0.5) is 0 Å². The third-order valence-electron chi connectivity index (χ3n) is 3.78. The first-order valence-electron chi connectivity index (χ1n) is 7.46. The lowest BCUT2D eigenvalue weighted by molar-refractivity contribution is 0.0987. The number of hydrogen-bond acceptors (Lipinski definition) is 3. The van der Waals surface area contributed by atoms with Crippen LogP contribution in [0.3, 0.4) is 0 Å². The second-order valence-corrected chi connectivity index (χ2v) is 5.33. The van der Waals surface area contributed by atoms with E-state index in [9.17, 15) is 0 Å². The average molecular weight is 271 g/mol. The van der Waals surface area contributed by atoms with Crippen LogP contribution in [0, 0.1) is 0 Å². The zero-order chi connectivity index (χ0) is 13.6. The van der Waals surface area contributed by atoms with E-state index in [1.54, 1.807) is 0 Å². The first-order chi connectivity index (χ1) is 9.93. The minimum Gasteiger partial charge on any atom is -0.369 e. The van der Waals surface area contributed by atoms with Gasteiger partial charge in [-0.3, -0.25) is 0 Å². The van der Waals surface area contributed by atoms with Crippen molar-refractivity contribution >= 4 is 0 Å². The summed E-state index contributed by atoms with van der Waals surface area (Å²) in [6.07, 6.45) is 6.11. The zero-order valence-corrected chi connectivity index (χ0v) is 11.8. The van der Waals surface area contributed by atoms with Crippen LogP contribution in [0.1, 0.15) is 42.9 Å². The van der Waals surface area contributed by atoms with Gasteiger partial charge in [0, 0.05) is 13.0 Å². The molecule has 0 saturated carbocycles. The van der Waals surface area contributed by atoms with E-state index in [0.717, 1.165) is 24.6 Å². The van der Waals surface area contributed by atoms with Crippen LogP contribution in [-0.2, 0) is 30.9 Å². The Morgan fingerprint density at radius 2 is 1.80 bits per heavy atom. The van der Waals surface area contributed by atoms with Crippen LogP contribution in [0.5, 0.6) is 0 Å². The summed E-state index contributed by atoms with van der Waals surface area (Å²) in [5.41, 5.74) is 1.19. The highest BCUT2D eigenvalue weighted by molar-refractivity contribution is 5.13. The topological polar surface area (TPSA) is 39.9 Å². The number of nitrogens with zero attached hydrogens (tertiary/aromatic N) is 3. The summed E-state index contributed by atoms with van der Waals surface area (Å²) in [6.45, 7) is 2.21. The molecule has 0 aliphatic carbocycles. The van der Waals surface area contributed by atoms with Gasteiger partial charge in [0.25, 0.3) is 0 Å². The number of rotatable bonds is 4. The van der Waals surface area contributed by atoms with Gasteiger partial charge in [-0.05, 0) is 18.4 Å². The second kappa shape index (κ2) is 6.66. The SMILES string of the molecule is c1ccc(COCc2nnc3n2CCCCCC3)cc1. The van der Waals surface area contributed by atoms with Crippen molar-refractivity contribution in [1.29, 1.82) is 0 Å². The molecule has 0 spiro atoms. The Bertz CT molecular complexity index is 536. The summed E-state index contributed by atoms with van der Waals surface area (Å²) >= 11 is 0. The summed E-state index contributed by atoms with van der Waals surface area (Å²) in [5, 5.41) is 8.62. The predicted octanol–water partition coefficient (Wildman–Crippen LogP) is 3.11. The molecule has 4 heteroatoms. The summed E-state index contributed by atoms with van der Waals surface area (Å²) in [4.78, 5) is 0. The fourth-order valence-electron chi connectivity index (χ4n) is 2.66. The maximum Gasteiger partial charge on any atom is 0.159 e. The quantitative estimate of drug-likeness (QED) is 0.857. The van der Waals surface area contributed by atoms with E-state index in [1.165, 1.54) is 31.2 Å². The first-order valence-corrected chi connectivity index (χ1v) is 7.46. The lowest BCUT2D eigenvalue weighted by atomic mass is 10.1. The highest BCUT2D eigenvalue weighted by Gasteiger charge is 2.13. The van der Waals surface area contributed by atoms with E-state index in [0.29, 0.717) is 13.2 Å². The summed E-state index contributed by atoms with van der Waals surface area (Å²) in [5.74, 6) is 2.10. The highest BCUT2D eigenvalue weighted by atomic mass is 16.5. The molecule has 2 aromatic rings. The molecule has 0 atom stereocenters. The van der Waals surface area contributed by atoms with Gasteiger partial charge in [-0.15, -0.1) is 10.2 Å². The van der Waals surface area contributed by atoms with Crippen molar-refractivity contribution < 1.29 is 4.74 Å². The standard InChI is InChI=1S/C16H21N3O/c1-2-7-11-19-15(10-6-1)17-18-16(19)13-20-12-14-8-4-3-5-9-14/h3-5,8-9H,1-2,6-7,10-13H2. The van der Waals surface area contributed by atoms with E-state index >= 15 is 0 Å². The third-order valence-corrected chi connectivity index (χ3v) is 3.78. The monoisotopic (exact) mass is 271 g/mol. The third kappa shape index (κ3) is 3.25. The lowest BCUT2D eigenvalue weighted by Gasteiger charge is -2.13. The number of aromatic nitrogens is 3. The smallest absolute Gasteiger partial charge is 0.159 e. The van der Waals surface area contributed by atoms with E-state index < -0.39 is 0 Å². The fraction of sp³-hybridized carbons (Fsp3) is 0.500. The van der Waals surface area contributed by atoms with E-state index in [1.807, 2.05) is 18.2 Å². The Morgan fingerprint density at radius 3 is 2.70 bits per heavy atom. The van der Waals surface area contributed by atoms with Gasteiger partial charge in [-0.1, -0.05) is 43.2 Å². The Morgan fingerprint density at radius 1 is 0.950 bits per heavy atom. The molecule has 4 nitrogen and oxygen atoms in total. The van der Waals surface area contributed by atoms with E-state index in [4.69, 9.17) is 4.74 Å². The Balaban J connectivity index is 1.60. The molecule has 3 rings (SSSR count). The predicted molar refractivity (Wildman–Crippen MR) is 77.1 cm³/mol. The van der Waals surface area contributed by atoms with Gasteiger partial charge >= 0.3 is 0 Å². The molecule has 1 aromatic carbocycles. The van der Waals surface area contributed by atoms with Crippen molar-refractivity contribution in [2.24, 2.45) is 0 Å². The molecule has 0 saturated heterocycles. The summed E-state index contributed by atoms with van der Waals surface area (Å²) in [7, 11) is 0. The van der Waals surface area contributed by atoms with Gasteiger partial charge < -0.3 is 9.30 Å². The molecule has 0 N–H and O–H groups in total. The molecule has 1 aromatic heterocycles. The molecule has 1 aliphatic heterocycles. The lowest BCUT2D eigenvalue weighted by Crippen LogP contribution is -2.11. The highest BCUT2D eigenvalue weighted by Crippen LogP contribution is 2.15. The molecular weight excluding hydrogens is 250 g/mol. The Hall–Kier alpha value is -1.68. The van der Waals surface area contributed by atoms with Gasteiger partial charge in [-0.2, -0.15) is 0 Å². The van der Waals surface area contributed by atoms with Crippen LogP contribution in [0.25, 0.3) is 0 Å². The van der Waals surface area contributed by atoms with Crippen molar-refractivity contribution in [2.45, 2.75) is 51.9 Å². The van der Waals surface area contributed by atoms with E-state index in [2.05, 4.69) is 26.9 Å². The van der Waals surface area contributed by atoms with Crippen LogP contribution in [0.15, 0.2) is 30.3 Å².